The van der Waals surface area contributed by atoms with Crippen molar-refractivity contribution in [2.24, 2.45) is 23.2 Å². The smallest absolute Gasteiger partial charge is 0.132 e. The van der Waals surface area contributed by atoms with Crippen LogP contribution in [-0.4, -0.2) is 12.1 Å². The molecule has 0 bridgehead atoms. The van der Waals surface area contributed by atoms with Gasteiger partial charge in [-0.25, -0.2) is 0 Å². The summed E-state index contributed by atoms with van der Waals surface area (Å²) in [5, 5.41) is 0. The third-order valence-corrected chi connectivity index (χ3v) is 6.69. The Bertz CT molecular complexity index is 362. The molecule has 22 heavy (non-hydrogen) atoms. The van der Waals surface area contributed by atoms with E-state index >= 15 is 0 Å². The predicted molar refractivity (Wildman–Crippen MR) is 90.7 cm³/mol. The van der Waals surface area contributed by atoms with Gasteiger partial charge in [0, 0.05) is 18.3 Å². The van der Waals surface area contributed by atoms with Crippen molar-refractivity contribution in [3.05, 3.63) is 0 Å². The number of ketones is 1. The van der Waals surface area contributed by atoms with Crippen molar-refractivity contribution in [1.29, 1.82) is 0 Å². The van der Waals surface area contributed by atoms with Crippen LogP contribution in [0.15, 0.2) is 0 Å². The number of carbonyl (C=O) groups is 2. The Morgan fingerprint density at radius 1 is 1.00 bits per heavy atom. The average molecular weight is 306 g/mol. The van der Waals surface area contributed by atoms with E-state index in [-0.39, 0.29) is 5.41 Å². The predicted octanol–water partition coefficient (Wildman–Crippen LogP) is 5.34. The monoisotopic (exact) mass is 306 g/mol. The lowest BCUT2D eigenvalue weighted by Gasteiger charge is -2.44. The molecule has 2 rings (SSSR count). The zero-order chi connectivity index (χ0) is 16.0. The van der Waals surface area contributed by atoms with Gasteiger partial charge in [-0.15, -0.1) is 0 Å². The summed E-state index contributed by atoms with van der Waals surface area (Å²) >= 11 is 0. The molecule has 2 nitrogen and oxygen atoms in total. The number of carbonyl (C=O) groups excluding carboxylic acids is 2. The van der Waals surface area contributed by atoms with Crippen LogP contribution in [0.2, 0.25) is 0 Å². The lowest BCUT2D eigenvalue weighted by atomic mass is 9.59. The Morgan fingerprint density at radius 2 is 1.59 bits per heavy atom. The number of hydrogen-bond acceptors (Lipinski definition) is 2. The van der Waals surface area contributed by atoms with Gasteiger partial charge in [-0.2, -0.15) is 0 Å². The SMILES string of the molecule is CCC(=O)CCC1CCC(C(C)(C=O)C2CCCCC2)CC1. The van der Waals surface area contributed by atoms with E-state index in [1.807, 2.05) is 6.92 Å². The molecule has 0 spiro atoms. The van der Waals surface area contributed by atoms with Gasteiger partial charge >= 0.3 is 0 Å². The molecule has 2 aliphatic rings. The summed E-state index contributed by atoms with van der Waals surface area (Å²) in [4.78, 5) is 23.4. The molecule has 0 amide bonds. The second-order valence-corrected chi connectivity index (χ2v) is 7.97. The highest BCUT2D eigenvalue weighted by atomic mass is 16.1. The zero-order valence-corrected chi connectivity index (χ0v) is 14.6. The molecular formula is C20H34O2. The number of aldehydes is 1. The second-order valence-electron chi connectivity index (χ2n) is 7.97. The first-order chi connectivity index (χ1) is 10.6. The number of Topliss-reactive ketones (excluding diaryl/α,β-unsaturated/α-hetero) is 1. The highest BCUT2D eigenvalue weighted by Crippen LogP contribution is 2.48. The third kappa shape index (κ3) is 4.20. The molecule has 0 aromatic rings. The van der Waals surface area contributed by atoms with Crippen molar-refractivity contribution in [2.75, 3.05) is 0 Å². The van der Waals surface area contributed by atoms with Crippen LogP contribution in [-0.2, 0) is 9.59 Å². The molecule has 0 aromatic carbocycles. The summed E-state index contributed by atoms with van der Waals surface area (Å²) in [6.45, 7) is 4.19. The van der Waals surface area contributed by atoms with E-state index in [2.05, 4.69) is 6.92 Å². The molecule has 1 atom stereocenters. The van der Waals surface area contributed by atoms with E-state index in [9.17, 15) is 9.59 Å². The Balaban J connectivity index is 1.85. The van der Waals surface area contributed by atoms with Crippen molar-refractivity contribution in [3.8, 4) is 0 Å². The van der Waals surface area contributed by atoms with Crippen LogP contribution in [0.3, 0.4) is 0 Å². The Morgan fingerprint density at radius 3 is 2.14 bits per heavy atom. The molecular weight excluding hydrogens is 272 g/mol. The van der Waals surface area contributed by atoms with Crippen LogP contribution >= 0.6 is 0 Å². The first-order valence-electron chi connectivity index (χ1n) is 9.58. The van der Waals surface area contributed by atoms with Gasteiger partial charge in [0.1, 0.15) is 12.1 Å². The van der Waals surface area contributed by atoms with E-state index < -0.39 is 0 Å². The van der Waals surface area contributed by atoms with Crippen LogP contribution < -0.4 is 0 Å². The Labute approximate surface area is 136 Å². The summed E-state index contributed by atoms with van der Waals surface area (Å²) in [6.07, 6.45) is 15.1. The van der Waals surface area contributed by atoms with Crippen molar-refractivity contribution < 1.29 is 9.59 Å². The number of rotatable bonds is 7. The second kappa shape index (κ2) is 8.26. The van der Waals surface area contributed by atoms with Crippen LogP contribution in [0.1, 0.15) is 90.9 Å². The van der Waals surface area contributed by atoms with Crippen LogP contribution in [0, 0.1) is 23.2 Å². The molecule has 0 aromatic heterocycles. The minimum absolute atomic E-state index is 0.0926. The molecule has 0 saturated heterocycles. The first-order valence-corrected chi connectivity index (χ1v) is 9.58. The summed E-state index contributed by atoms with van der Waals surface area (Å²) in [6, 6.07) is 0. The van der Waals surface area contributed by atoms with Crippen molar-refractivity contribution >= 4 is 12.1 Å². The summed E-state index contributed by atoms with van der Waals surface area (Å²) in [7, 11) is 0. The standard InChI is InChI=1S/C20H34O2/c1-3-19(22)14-11-16-9-12-18(13-10-16)20(2,15-21)17-7-5-4-6-8-17/h15-18H,3-14H2,1-2H3. The van der Waals surface area contributed by atoms with Crippen LogP contribution in [0.25, 0.3) is 0 Å². The maximum Gasteiger partial charge on any atom is 0.132 e. The van der Waals surface area contributed by atoms with E-state index in [1.54, 1.807) is 0 Å². The maximum absolute atomic E-state index is 11.9. The molecule has 0 aliphatic heterocycles. The Hall–Kier alpha value is -0.660. The molecule has 0 N–H and O–H groups in total. The Kier molecular flexibility index (Phi) is 6.65. The van der Waals surface area contributed by atoms with Crippen LogP contribution in [0.4, 0.5) is 0 Å². The van der Waals surface area contributed by atoms with E-state index in [0.29, 0.717) is 30.0 Å². The fourth-order valence-electron chi connectivity index (χ4n) is 4.87. The highest BCUT2D eigenvalue weighted by molar-refractivity contribution is 5.77. The third-order valence-electron chi connectivity index (χ3n) is 6.69. The number of hydrogen-bond donors (Lipinski definition) is 0. The van der Waals surface area contributed by atoms with Crippen molar-refractivity contribution in [2.45, 2.75) is 90.9 Å². The van der Waals surface area contributed by atoms with E-state index in [0.717, 1.165) is 12.8 Å². The van der Waals surface area contributed by atoms with Crippen LogP contribution in [0.5, 0.6) is 0 Å². The van der Waals surface area contributed by atoms with E-state index in [1.165, 1.54) is 64.1 Å². The molecule has 1 unspecified atom stereocenters. The van der Waals surface area contributed by atoms with Gasteiger partial charge in [-0.3, -0.25) is 4.79 Å². The van der Waals surface area contributed by atoms with Gasteiger partial charge in [0.15, 0.2) is 0 Å². The quantitative estimate of drug-likeness (QED) is 0.595. The molecule has 2 heteroatoms. The lowest BCUT2D eigenvalue weighted by Crippen LogP contribution is -2.40. The fourth-order valence-corrected chi connectivity index (χ4v) is 4.87. The first kappa shape index (κ1) is 17.7. The van der Waals surface area contributed by atoms with Gasteiger partial charge < -0.3 is 4.79 Å². The molecule has 2 saturated carbocycles. The fraction of sp³-hybridized carbons (Fsp3) is 0.900. The van der Waals surface area contributed by atoms with Gasteiger partial charge in [-0.1, -0.05) is 46.0 Å². The topological polar surface area (TPSA) is 34.1 Å². The molecule has 2 aliphatic carbocycles. The highest BCUT2D eigenvalue weighted by Gasteiger charge is 2.42. The van der Waals surface area contributed by atoms with Gasteiger partial charge in [0.25, 0.3) is 0 Å². The van der Waals surface area contributed by atoms with E-state index in [4.69, 9.17) is 0 Å². The minimum Gasteiger partial charge on any atom is -0.303 e. The molecule has 126 valence electrons. The largest absolute Gasteiger partial charge is 0.303 e. The summed E-state index contributed by atoms with van der Waals surface area (Å²) in [5.41, 5.74) is -0.0926. The average Bonchev–Trinajstić information content (AvgIpc) is 2.60. The zero-order valence-electron chi connectivity index (χ0n) is 14.6. The maximum atomic E-state index is 11.9. The van der Waals surface area contributed by atoms with Gasteiger partial charge in [0.2, 0.25) is 0 Å². The summed E-state index contributed by atoms with van der Waals surface area (Å²) < 4.78 is 0. The molecule has 0 radical (unpaired) electrons. The van der Waals surface area contributed by atoms with Crippen molar-refractivity contribution in [3.63, 3.8) is 0 Å². The normalized spacial score (nSPS) is 29.7. The molecule has 0 heterocycles. The van der Waals surface area contributed by atoms with Gasteiger partial charge in [-0.05, 0) is 49.9 Å². The molecule has 2 fully saturated rings. The van der Waals surface area contributed by atoms with Gasteiger partial charge in [0.05, 0.1) is 0 Å². The lowest BCUT2D eigenvalue weighted by molar-refractivity contribution is -0.124. The summed E-state index contributed by atoms with van der Waals surface area (Å²) in [5.74, 6) is 2.31. The van der Waals surface area contributed by atoms with Crippen molar-refractivity contribution in [1.82, 2.24) is 0 Å². The minimum atomic E-state index is -0.0926.